The van der Waals surface area contributed by atoms with Crippen molar-refractivity contribution in [2.24, 2.45) is 5.11 Å². The highest BCUT2D eigenvalue weighted by molar-refractivity contribution is 5.71. The van der Waals surface area contributed by atoms with Crippen molar-refractivity contribution in [1.82, 2.24) is 9.78 Å². The first kappa shape index (κ1) is 15.0. The molecule has 104 valence electrons. The normalized spacial score (nSPS) is 15.3. The second-order valence-electron chi connectivity index (χ2n) is 4.02. The number of azide groups is 1. The van der Waals surface area contributed by atoms with Crippen LogP contribution < -0.4 is 0 Å². The molecule has 0 saturated carbocycles. The largest absolute Gasteiger partial charge is 0.480 e. The van der Waals surface area contributed by atoms with Crippen LogP contribution in [0.2, 0.25) is 0 Å². The monoisotopic (exact) mass is 269 g/mol. The number of aliphatic carboxylic acids is 1. The Morgan fingerprint density at radius 2 is 2.32 bits per heavy atom. The average molecular weight is 269 g/mol. The molecular weight excluding hydrogens is 254 g/mol. The number of aromatic nitrogens is 2. The van der Waals surface area contributed by atoms with Gasteiger partial charge < -0.3 is 15.3 Å². The molecule has 0 radical (unpaired) electrons. The molecule has 0 bridgehead atoms. The van der Waals surface area contributed by atoms with Gasteiger partial charge in [-0.1, -0.05) is 5.11 Å². The summed E-state index contributed by atoms with van der Waals surface area (Å²) >= 11 is 0. The van der Waals surface area contributed by atoms with Gasteiger partial charge in [0, 0.05) is 23.2 Å². The lowest BCUT2D eigenvalue weighted by Gasteiger charge is -2.15. The zero-order chi connectivity index (χ0) is 14.4. The second kappa shape index (κ2) is 6.74. The van der Waals surface area contributed by atoms with E-state index in [1.165, 1.54) is 24.0 Å². The van der Waals surface area contributed by atoms with Gasteiger partial charge in [0.2, 0.25) is 0 Å². The Morgan fingerprint density at radius 3 is 2.89 bits per heavy atom. The highest BCUT2D eigenvalue weighted by Crippen LogP contribution is 2.19. The number of rotatable bonds is 7. The molecule has 19 heavy (non-hydrogen) atoms. The first-order chi connectivity index (χ1) is 8.97. The van der Waals surface area contributed by atoms with Gasteiger partial charge in [-0.3, -0.25) is 4.68 Å². The molecule has 0 aliphatic heterocycles. The van der Waals surface area contributed by atoms with E-state index in [2.05, 4.69) is 15.1 Å². The van der Waals surface area contributed by atoms with E-state index in [0.717, 1.165) is 0 Å². The van der Waals surface area contributed by atoms with Gasteiger partial charge in [0.05, 0.1) is 12.3 Å². The quantitative estimate of drug-likeness (QED) is 0.377. The molecule has 0 aliphatic rings. The molecule has 9 nitrogen and oxygen atoms in total. The van der Waals surface area contributed by atoms with Gasteiger partial charge in [0.25, 0.3) is 0 Å². The summed E-state index contributed by atoms with van der Waals surface area (Å²) in [7, 11) is 0. The van der Waals surface area contributed by atoms with Crippen molar-refractivity contribution in [2.45, 2.75) is 31.6 Å². The van der Waals surface area contributed by atoms with Gasteiger partial charge in [-0.25, -0.2) is 4.79 Å². The SMILES string of the molecule is C[C@@H](C(=O)O)n1cc(C(O)C(O)CCN=[N+]=[N-])cn1. The van der Waals surface area contributed by atoms with Crippen LogP contribution in [0.1, 0.15) is 31.1 Å². The summed E-state index contributed by atoms with van der Waals surface area (Å²) in [5, 5.41) is 35.4. The predicted octanol–water partition coefficient (Wildman–Crippen LogP) is 0.623. The molecule has 1 aromatic rings. The summed E-state index contributed by atoms with van der Waals surface area (Å²) in [6, 6.07) is -0.860. The first-order valence-corrected chi connectivity index (χ1v) is 5.61. The van der Waals surface area contributed by atoms with E-state index in [-0.39, 0.29) is 13.0 Å². The summed E-state index contributed by atoms with van der Waals surface area (Å²) in [6.45, 7) is 1.51. The molecule has 3 atom stereocenters. The Balaban J connectivity index is 2.69. The van der Waals surface area contributed by atoms with Crippen molar-refractivity contribution < 1.29 is 20.1 Å². The molecule has 2 unspecified atom stereocenters. The van der Waals surface area contributed by atoms with Crippen molar-refractivity contribution in [1.29, 1.82) is 0 Å². The standard InChI is InChI=1S/C10H15N5O4/c1-6(10(18)19)15-5-7(4-13-15)9(17)8(16)2-3-12-14-11/h4-6,8-9,16-17H,2-3H2,1H3,(H,18,19)/t6-,8?,9?/m0/s1. The zero-order valence-electron chi connectivity index (χ0n) is 10.3. The predicted molar refractivity (Wildman–Crippen MR) is 64.2 cm³/mol. The lowest BCUT2D eigenvalue weighted by atomic mass is 10.1. The average Bonchev–Trinajstić information content (AvgIpc) is 2.86. The molecule has 1 aromatic heterocycles. The molecule has 0 amide bonds. The van der Waals surface area contributed by atoms with E-state index in [1.807, 2.05) is 0 Å². The van der Waals surface area contributed by atoms with Crippen molar-refractivity contribution in [2.75, 3.05) is 6.54 Å². The van der Waals surface area contributed by atoms with Gasteiger partial charge in [-0.2, -0.15) is 5.10 Å². The van der Waals surface area contributed by atoms with Crippen molar-refractivity contribution in [3.8, 4) is 0 Å². The van der Waals surface area contributed by atoms with Crippen LogP contribution in [0.25, 0.3) is 10.4 Å². The van der Waals surface area contributed by atoms with Crippen molar-refractivity contribution in [3.05, 3.63) is 28.4 Å². The Morgan fingerprint density at radius 1 is 1.63 bits per heavy atom. The number of aliphatic hydroxyl groups excluding tert-OH is 2. The van der Waals surface area contributed by atoms with E-state index in [9.17, 15) is 15.0 Å². The molecular formula is C10H15N5O4. The third-order valence-electron chi connectivity index (χ3n) is 2.67. The van der Waals surface area contributed by atoms with E-state index in [1.54, 1.807) is 0 Å². The third-order valence-corrected chi connectivity index (χ3v) is 2.67. The fourth-order valence-electron chi connectivity index (χ4n) is 1.45. The summed E-state index contributed by atoms with van der Waals surface area (Å²) < 4.78 is 1.18. The van der Waals surface area contributed by atoms with Crippen LogP contribution in [0.3, 0.4) is 0 Å². The Kier molecular flexibility index (Phi) is 5.31. The molecule has 0 saturated heterocycles. The Bertz CT molecular complexity index is 482. The van der Waals surface area contributed by atoms with E-state index in [0.29, 0.717) is 5.56 Å². The zero-order valence-corrected chi connectivity index (χ0v) is 10.3. The van der Waals surface area contributed by atoms with E-state index >= 15 is 0 Å². The number of nitrogens with zero attached hydrogens (tertiary/aromatic N) is 5. The third kappa shape index (κ3) is 3.95. The minimum Gasteiger partial charge on any atom is -0.480 e. The summed E-state index contributed by atoms with van der Waals surface area (Å²) in [6.07, 6.45) is 0.443. The fourth-order valence-corrected chi connectivity index (χ4v) is 1.45. The number of aliphatic hydroxyl groups is 2. The summed E-state index contributed by atoms with van der Waals surface area (Å²) in [4.78, 5) is 13.3. The smallest absolute Gasteiger partial charge is 0.328 e. The molecule has 1 heterocycles. The molecule has 3 N–H and O–H groups in total. The number of hydrogen-bond donors (Lipinski definition) is 3. The lowest BCUT2D eigenvalue weighted by Crippen LogP contribution is -2.19. The highest BCUT2D eigenvalue weighted by Gasteiger charge is 2.21. The lowest BCUT2D eigenvalue weighted by molar-refractivity contribution is -0.140. The van der Waals surface area contributed by atoms with Gasteiger partial charge in [-0.15, -0.1) is 0 Å². The molecule has 0 spiro atoms. The molecule has 0 fully saturated rings. The van der Waals surface area contributed by atoms with Crippen molar-refractivity contribution >= 4 is 5.97 Å². The second-order valence-corrected chi connectivity index (χ2v) is 4.02. The first-order valence-electron chi connectivity index (χ1n) is 5.61. The highest BCUT2D eigenvalue weighted by atomic mass is 16.4. The number of carbonyl (C=O) groups is 1. The van der Waals surface area contributed by atoms with Crippen LogP contribution in [-0.4, -0.2) is 43.7 Å². The molecule has 1 rings (SSSR count). The summed E-state index contributed by atoms with van der Waals surface area (Å²) in [5.41, 5.74) is 8.40. The maximum atomic E-state index is 10.8. The maximum Gasteiger partial charge on any atom is 0.328 e. The maximum absolute atomic E-state index is 10.8. The topological polar surface area (TPSA) is 144 Å². The van der Waals surface area contributed by atoms with Gasteiger partial charge in [-0.05, 0) is 18.9 Å². The molecule has 0 aliphatic carbocycles. The van der Waals surface area contributed by atoms with Crippen LogP contribution in [0.5, 0.6) is 0 Å². The van der Waals surface area contributed by atoms with Crippen molar-refractivity contribution in [3.63, 3.8) is 0 Å². The van der Waals surface area contributed by atoms with E-state index < -0.39 is 24.2 Å². The fraction of sp³-hybridized carbons (Fsp3) is 0.600. The molecule has 9 heteroatoms. The van der Waals surface area contributed by atoms with Crippen LogP contribution in [0.4, 0.5) is 0 Å². The Labute approximate surface area is 108 Å². The van der Waals surface area contributed by atoms with Crippen LogP contribution in [0.15, 0.2) is 17.5 Å². The minimum absolute atomic E-state index is 0.0639. The number of carboxylic acids is 1. The Hall–Kier alpha value is -2.09. The van der Waals surface area contributed by atoms with Gasteiger partial charge in [0.1, 0.15) is 12.1 Å². The number of carboxylic acid groups (broad SMARTS) is 1. The van der Waals surface area contributed by atoms with Crippen LogP contribution in [0, 0.1) is 0 Å². The van der Waals surface area contributed by atoms with E-state index in [4.69, 9.17) is 10.6 Å². The number of hydrogen-bond acceptors (Lipinski definition) is 5. The van der Waals surface area contributed by atoms with Crippen LogP contribution >= 0.6 is 0 Å². The van der Waals surface area contributed by atoms with Gasteiger partial charge >= 0.3 is 5.97 Å². The van der Waals surface area contributed by atoms with Crippen LogP contribution in [-0.2, 0) is 4.79 Å². The van der Waals surface area contributed by atoms with Gasteiger partial charge in [0.15, 0.2) is 0 Å². The summed E-state index contributed by atoms with van der Waals surface area (Å²) in [5.74, 6) is -1.05. The minimum atomic E-state index is -1.20. The molecule has 0 aromatic carbocycles.